The highest BCUT2D eigenvalue weighted by atomic mass is 16.5. The van der Waals surface area contributed by atoms with Gasteiger partial charge in [0.15, 0.2) is 0 Å². The van der Waals surface area contributed by atoms with E-state index in [1.165, 1.54) is 30.4 Å². The molecule has 2 heteroatoms. The van der Waals surface area contributed by atoms with E-state index in [4.69, 9.17) is 10.5 Å². The van der Waals surface area contributed by atoms with Crippen molar-refractivity contribution in [2.45, 2.75) is 38.1 Å². The van der Waals surface area contributed by atoms with Crippen LogP contribution in [0.5, 0.6) is 5.75 Å². The van der Waals surface area contributed by atoms with Gasteiger partial charge in [0.1, 0.15) is 5.75 Å². The van der Waals surface area contributed by atoms with Crippen LogP contribution in [0.1, 0.15) is 54.8 Å². The molecule has 1 atom stereocenters. The van der Waals surface area contributed by atoms with E-state index < -0.39 is 0 Å². The van der Waals surface area contributed by atoms with Gasteiger partial charge in [-0.15, -0.1) is 0 Å². The minimum atomic E-state index is -0.0579. The average Bonchev–Trinajstić information content (AvgIpc) is 2.47. The number of hydrogen-bond donors (Lipinski definition) is 1. The largest absolute Gasteiger partial charge is 0.494 e. The average molecular weight is 281 g/mol. The van der Waals surface area contributed by atoms with E-state index in [-0.39, 0.29) is 6.04 Å². The summed E-state index contributed by atoms with van der Waals surface area (Å²) in [5.41, 5.74) is 10.4. The number of nitrogens with two attached hydrogens (primary N) is 1. The fraction of sp³-hybridized carbons (Fsp3) is 0.368. The van der Waals surface area contributed by atoms with Gasteiger partial charge in [-0.1, -0.05) is 42.8 Å². The summed E-state index contributed by atoms with van der Waals surface area (Å²) in [5, 5.41) is 0. The SMILES string of the molecule is CCOc1ccc(C(N)c2ccccc2C2CCC2)cc1. The Morgan fingerprint density at radius 3 is 2.43 bits per heavy atom. The number of benzene rings is 2. The van der Waals surface area contributed by atoms with Crippen LogP contribution in [-0.4, -0.2) is 6.61 Å². The van der Waals surface area contributed by atoms with Crippen molar-refractivity contribution in [3.63, 3.8) is 0 Å². The van der Waals surface area contributed by atoms with Crippen LogP contribution in [-0.2, 0) is 0 Å². The molecule has 1 fully saturated rings. The van der Waals surface area contributed by atoms with Gasteiger partial charge in [0.25, 0.3) is 0 Å². The van der Waals surface area contributed by atoms with Crippen LogP contribution in [0, 0.1) is 0 Å². The van der Waals surface area contributed by atoms with E-state index in [0.29, 0.717) is 12.5 Å². The predicted molar refractivity (Wildman–Crippen MR) is 86.7 cm³/mol. The van der Waals surface area contributed by atoms with Crippen molar-refractivity contribution in [3.8, 4) is 5.75 Å². The third-order valence-corrected chi connectivity index (χ3v) is 4.43. The molecular formula is C19H23NO. The lowest BCUT2D eigenvalue weighted by Crippen LogP contribution is -2.18. The molecule has 1 unspecified atom stereocenters. The number of rotatable bonds is 5. The summed E-state index contributed by atoms with van der Waals surface area (Å²) < 4.78 is 5.49. The summed E-state index contributed by atoms with van der Waals surface area (Å²) in [5.74, 6) is 1.61. The monoisotopic (exact) mass is 281 g/mol. The van der Waals surface area contributed by atoms with E-state index in [0.717, 1.165) is 11.3 Å². The maximum absolute atomic E-state index is 6.52. The van der Waals surface area contributed by atoms with Crippen molar-refractivity contribution in [2.75, 3.05) is 6.61 Å². The summed E-state index contributed by atoms with van der Waals surface area (Å²) in [6.45, 7) is 2.68. The minimum Gasteiger partial charge on any atom is -0.494 e. The van der Waals surface area contributed by atoms with Gasteiger partial charge in [-0.3, -0.25) is 0 Å². The van der Waals surface area contributed by atoms with Crippen LogP contribution in [0.3, 0.4) is 0 Å². The van der Waals surface area contributed by atoms with Gasteiger partial charge < -0.3 is 10.5 Å². The maximum atomic E-state index is 6.52. The summed E-state index contributed by atoms with van der Waals surface area (Å²) in [6, 6.07) is 16.7. The lowest BCUT2D eigenvalue weighted by molar-refractivity contribution is 0.340. The standard InChI is InChI=1S/C19H23NO/c1-2-21-16-12-10-15(11-13-16)19(20)18-9-4-3-8-17(18)14-6-5-7-14/h3-4,8-14,19H,2,5-7,20H2,1H3. The molecule has 1 saturated carbocycles. The Morgan fingerprint density at radius 2 is 1.81 bits per heavy atom. The molecule has 0 spiro atoms. The smallest absolute Gasteiger partial charge is 0.119 e. The van der Waals surface area contributed by atoms with Crippen LogP contribution in [0.4, 0.5) is 0 Å². The van der Waals surface area contributed by atoms with Crippen LogP contribution in [0.2, 0.25) is 0 Å². The fourth-order valence-electron chi connectivity index (χ4n) is 3.00. The lowest BCUT2D eigenvalue weighted by Gasteiger charge is -2.29. The molecule has 0 radical (unpaired) electrons. The molecule has 0 aliphatic heterocycles. The minimum absolute atomic E-state index is 0.0579. The second-order valence-corrected chi connectivity index (χ2v) is 5.74. The molecule has 21 heavy (non-hydrogen) atoms. The molecule has 2 aromatic rings. The molecule has 0 aromatic heterocycles. The van der Waals surface area contributed by atoms with Crippen molar-refractivity contribution in [1.82, 2.24) is 0 Å². The number of ether oxygens (including phenoxy) is 1. The maximum Gasteiger partial charge on any atom is 0.119 e. The third kappa shape index (κ3) is 2.96. The molecule has 2 aromatic carbocycles. The van der Waals surface area contributed by atoms with Crippen LogP contribution in [0.25, 0.3) is 0 Å². The summed E-state index contributed by atoms with van der Waals surface area (Å²) in [7, 11) is 0. The van der Waals surface area contributed by atoms with E-state index in [2.05, 4.69) is 36.4 Å². The lowest BCUT2D eigenvalue weighted by atomic mass is 9.76. The van der Waals surface area contributed by atoms with Gasteiger partial charge in [-0.25, -0.2) is 0 Å². The second kappa shape index (κ2) is 6.31. The molecule has 2 nitrogen and oxygen atoms in total. The molecule has 0 heterocycles. The van der Waals surface area contributed by atoms with Gasteiger partial charge >= 0.3 is 0 Å². The van der Waals surface area contributed by atoms with E-state index in [1.807, 2.05) is 19.1 Å². The highest BCUT2D eigenvalue weighted by molar-refractivity contribution is 5.41. The van der Waals surface area contributed by atoms with Crippen LogP contribution in [0.15, 0.2) is 48.5 Å². The molecule has 1 aliphatic rings. The summed E-state index contributed by atoms with van der Waals surface area (Å²) >= 11 is 0. The highest BCUT2D eigenvalue weighted by Gasteiger charge is 2.24. The second-order valence-electron chi connectivity index (χ2n) is 5.74. The van der Waals surface area contributed by atoms with Crippen molar-refractivity contribution in [3.05, 3.63) is 65.2 Å². The van der Waals surface area contributed by atoms with E-state index in [9.17, 15) is 0 Å². The van der Waals surface area contributed by atoms with Gasteiger partial charge in [0, 0.05) is 0 Å². The van der Waals surface area contributed by atoms with Crippen LogP contribution < -0.4 is 10.5 Å². The Labute approximate surface area is 126 Å². The van der Waals surface area contributed by atoms with Crippen molar-refractivity contribution < 1.29 is 4.74 Å². The zero-order chi connectivity index (χ0) is 14.7. The third-order valence-electron chi connectivity index (χ3n) is 4.43. The highest BCUT2D eigenvalue weighted by Crippen LogP contribution is 2.40. The first-order valence-corrected chi connectivity index (χ1v) is 7.86. The fourth-order valence-corrected chi connectivity index (χ4v) is 3.00. The molecule has 0 saturated heterocycles. The topological polar surface area (TPSA) is 35.2 Å². The Kier molecular flexibility index (Phi) is 4.26. The normalized spacial score (nSPS) is 16.3. The van der Waals surface area contributed by atoms with Gasteiger partial charge in [-0.2, -0.15) is 0 Å². The molecular weight excluding hydrogens is 258 g/mol. The first kappa shape index (κ1) is 14.2. The number of hydrogen-bond acceptors (Lipinski definition) is 2. The molecule has 110 valence electrons. The Hall–Kier alpha value is -1.80. The van der Waals surface area contributed by atoms with Crippen LogP contribution >= 0.6 is 0 Å². The van der Waals surface area contributed by atoms with Gasteiger partial charge in [0.05, 0.1) is 12.6 Å². The molecule has 3 rings (SSSR count). The quantitative estimate of drug-likeness (QED) is 0.881. The zero-order valence-corrected chi connectivity index (χ0v) is 12.6. The van der Waals surface area contributed by atoms with Crippen molar-refractivity contribution in [1.29, 1.82) is 0 Å². The summed E-state index contributed by atoms with van der Waals surface area (Å²) in [6.07, 6.45) is 3.94. The van der Waals surface area contributed by atoms with Crippen molar-refractivity contribution >= 4 is 0 Å². The van der Waals surface area contributed by atoms with Gasteiger partial charge in [0.2, 0.25) is 0 Å². The van der Waals surface area contributed by atoms with Gasteiger partial charge in [-0.05, 0) is 54.5 Å². The Morgan fingerprint density at radius 1 is 1.10 bits per heavy atom. The van der Waals surface area contributed by atoms with Crippen molar-refractivity contribution in [2.24, 2.45) is 5.73 Å². The zero-order valence-electron chi connectivity index (χ0n) is 12.6. The molecule has 0 amide bonds. The Balaban J connectivity index is 1.85. The van der Waals surface area contributed by atoms with E-state index in [1.54, 1.807) is 0 Å². The first-order chi connectivity index (χ1) is 10.3. The first-order valence-electron chi connectivity index (χ1n) is 7.86. The predicted octanol–water partition coefficient (Wildman–Crippen LogP) is 4.40. The molecule has 2 N–H and O–H groups in total. The summed E-state index contributed by atoms with van der Waals surface area (Å²) in [4.78, 5) is 0. The molecule has 0 bridgehead atoms. The molecule has 1 aliphatic carbocycles. The Bertz CT molecular complexity index is 587. The van der Waals surface area contributed by atoms with E-state index >= 15 is 0 Å².